The van der Waals surface area contributed by atoms with Crippen LogP contribution in [0.2, 0.25) is 0 Å². The van der Waals surface area contributed by atoms with Crippen LogP contribution in [0.15, 0.2) is 11.1 Å². The van der Waals surface area contributed by atoms with Gasteiger partial charge in [-0.2, -0.15) is 0 Å². The van der Waals surface area contributed by atoms with Gasteiger partial charge in [0, 0.05) is 0 Å². The number of rotatable bonds is 1. The van der Waals surface area contributed by atoms with E-state index in [9.17, 15) is 4.79 Å². The molecule has 2 aliphatic rings. The van der Waals surface area contributed by atoms with Crippen LogP contribution < -0.4 is 0 Å². The van der Waals surface area contributed by atoms with Crippen molar-refractivity contribution in [3.63, 3.8) is 0 Å². The van der Waals surface area contributed by atoms with Crippen LogP contribution in [-0.2, 0) is 4.79 Å². The monoisotopic (exact) mass is 136 g/mol. The number of hydrogen-bond acceptors (Lipinski definition) is 1. The van der Waals surface area contributed by atoms with Gasteiger partial charge < -0.3 is 0 Å². The molecule has 1 saturated carbocycles. The average molecular weight is 136 g/mol. The molecule has 0 radical (unpaired) electrons. The van der Waals surface area contributed by atoms with Crippen LogP contribution in [0.5, 0.6) is 0 Å². The minimum absolute atomic E-state index is 0.641. The summed E-state index contributed by atoms with van der Waals surface area (Å²) in [7, 11) is 0. The van der Waals surface area contributed by atoms with Gasteiger partial charge in [-0.05, 0) is 43.6 Å². The first-order chi connectivity index (χ1) is 4.83. The molecule has 1 nitrogen and oxygen atoms in total. The highest BCUT2D eigenvalue weighted by atomic mass is 16.1. The molecule has 2 atom stereocenters. The van der Waals surface area contributed by atoms with E-state index in [1.807, 2.05) is 0 Å². The lowest BCUT2D eigenvalue weighted by Gasteiger charge is -2.11. The van der Waals surface area contributed by atoms with Crippen molar-refractivity contribution in [2.45, 2.75) is 26.2 Å². The van der Waals surface area contributed by atoms with E-state index in [2.05, 4.69) is 6.92 Å². The predicted molar refractivity (Wildman–Crippen MR) is 39.6 cm³/mol. The summed E-state index contributed by atoms with van der Waals surface area (Å²) in [5.74, 6) is 1.41. The van der Waals surface area contributed by atoms with Crippen LogP contribution in [0.25, 0.3) is 0 Å². The molecule has 0 spiro atoms. The van der Waals surface area contributed by atoms with Gasteiger partial charge in [0.25, 0.3) is 0 Å². The van der Waals surface area contributed by atoms with Crippen LogP contribution >= 0.6 is 0 Å². The first-order valence-corrected chi connectivity index (χ1v) is 3.98. The summed E-state index contributed by atoms with van der Waals surface area (Å²) in [5, 5.41) is 0. The normalized spacial score (nSPS) is 37.3. The van der Waals surface area contributed by atoms with Crippen LogP contribution in [0.3, 0.4) is 0 Å². The van der Waals surface area contributed by atoms with Gasteiger partial charge in [-0.3, -0.25) is 4.79 Å². The Balaban J connectivity index is 2.37. The predicted octanol–water partition coefficient (Wildman–Crippen LogP) is 1.93. The summed E-state index contributed by atoms with van der Waals surface area (Å²) >= 11 is 0. The molecule has 1 fully saturated rings. The molecule has 1 heteroatoms. The number of aldehydes is 1. The molecule has 0 aromatic rings. The Kier molecular flexibility index (Phi) is 1.19. The van der Waals surface area contributed by atoms with Crippen molar-refractivity contribution < 1.29 is 4.79 Å². The average Bonchev–Trinajstić information content (AvgIpc) is 2.46. The molecule has 54 valence electrons. The molecule has 0 amide bonds. The second-order valence-corrected chi connectivity index (χ2v) is 3.46. The second kappa shape index (κ2) is 1.94. The summed E-state index contributed by atoms with van der Waals surface area (Å²) in [5.41, 5.74) is 2.50. The zero-order chi connectivity index (χ0) is 7.14. The third-order valence-corrected chi connectivity index (χ3v) is 3.07. The molecule has 2 bridgehead atoms. The van der Waals surface area contributed by atoms with Crippen molar-refractivity contribution in [1.82, 2.24) is 0 Å². The fourth-order valence-corrected chi connectivity index (χ4v) is 2.40. The van der Waals surface area contributed by atoms with Gasteiger partial charge in [0.2, 0.25) is 0 Å². The zero-order valence-electron chi connectivity index (χ0n) is 6.26. The molecule has 10 heavy (non-hydrogen) atoms. The Bertz CT molecular complexity index is 203. The van der Waals surface area contributed by atoms with Crippen molar-refractivity contribution >= 4 is 6.29 Å². The maximum Gasteiger partial charge on any atom is 0.146 e. The SMILES string of the molecule is CC1=C(C=O)C2CCC1C2. The molecule has 2 rings (SSSR count). The number of fused-ring (bicyclic) bond motifs is 2. The van der Waals surface area contributed by atoms with Crippen LogP contribution in [0.4, 0.5) is 0 Å². The lowest BCUT2D eigenvalue weighted by Crippen LogP contribution is -2.01. The van der Waals surface area contributed by atoms with Gasteiger partial charge >= 0.3 is 0 Å². The molecule has 0 heterocycles. The smallest absolute Gasteiger partial charge is 0.146 e. The van der Waals surface area contributed by atoms with Crippen molar-refractivity contribution in [1.29, 1.82) is 0 Å². The number of hydrogen-bond donors (Lipinski definition) is 0. The Labute approximate surface area is 61.1 Å². The molecule has 2 unspecified atom stereocenters. The van der Waals surface area contributed by atoms with E-state index >= 15 is 0 Å². The summed E-state index contributed by atoms with van der Waals surface area (Å²) in [6, 6.07) is 0. The maximum atomic E-state index is 10.5. The fraction of sp³-hybridized carbons (Fsp3) is 0.667. The van der Waals surface area contributed by atoms with E-state index in [0.717, 1.165) is 17.8 Å². The van der Waals surface area contributed by atoms with Crippen molar-refractivity contribution in [2.75, 3.05) is 0 Å². The van der Waals surface area contributed by atoms with E-state index in [1.165, 1.54) is 24.8 Å². The fourth-order valence-electron chi connectivity index (χ4n) is 2.40. The first-order valence-electron chi connectivity index (χ1n) is 3.98. The molecule has 0 N–H and O–H groups in total. The van der Waals surface area contributed by atoms with E-state index in [0.29, 0.717) is 5.92 Å². The van der Waals surface area contributed by atoms with E-state index in [-0.39, 0.29) is 0 Å². The van der Waals surface area contributed by atoms with Gasteiger partial charge in [0.15, 0.2) is 0 Å². The Morgan fingerprint density at radius 3 is 2.50 bits per heavy atom. The molecular formula is C9H12O. The van der Waals surface area contributed by atoms with Gasteiger partial charge in [-0.1, -0.05) is 5.57 Å². The quantitative estimate of drug-likeness (QED) is 0.503. The minimum Gasteiger partial charge on any atom is -0.298 e. The van der Waals surface area contributed by atoms with Gasteiger partial charge in [-0.15, -0.1) is 0 Å². The van der Waals surface area contributed by atoms with E-state index in [4.69, 9.17) is 0 Å². The van der Waals surface area contributed by atoms with E-state index < -0.39 is 0 Å². The van der Waals surface area contributed by atoms with Gasteiger partial charge in [-0.25, -0.2) is 0 Å². The molecule has 0 saturated heterocycles. The highest BCUT2D eigenvalue weighted by molar-refractivity contribution is 5.77. The lowest BCUT2D eigenvalue weighted by molar-refractivity contribution is -0.105. The van der Waals surface area contributed by atoms with E-state index in [1.54, 1.807) is 0 Å². The summed E-state index contributed by atoms with van der Waals surface area (Å²) < 4.78 is 0. The topological polar surface area (TPSA) is 17.1 Å². The number of carbonyl (C=O) groups excluding carboxylic acids is 1. The number of carbonyl (C=O) groups is 1. The Hall–Kier alpha value is -0.590. The molecule has 0 aliphatic heterocycles. The van der Waals surface area contributed by atoms with Gasteiger partial charge in [0.1, 0.15) is 6.29 Å². The van der Waals surface area contributed by atoms with Crippen molar-refractivity contribution in [2.24, 2.45) is 11.8 Å². The van der Waals surface area contributed by atoms with Crippen LogP contribution in [0.1, 0.15) is 26.2 Å². The molecule has 2 aliphatic carbocycles. The lowest BCUT2D eigenvalue weighted by atomic mass is 9.94. The Morgan fingerprint density at radius 1 is 1.40 bits per heavy atom. The summed E-state index contributed by atoms with van der Waals surface area (Å²) in [4.78, 5) is 10.5. The van der Waals surface area contributed by atoms with Crippen molar-refractivity contribution in [3.05, 3.63) is 11.1 Å². The maximum absolute atomic E-state index is 10.5. The third-order valence-electron chi connectivity index (χ3n) is 3.07. The second-order valence-electron chi connectivity index (χ2n) is 3.46. The third kappa shape index (κ3) is 0.606. The largest absolute Gasteiger partial charge is 0.298 e. The zero-order valence-corrected chi connectivity index (χ0v) is 6.26. The van der Waals surface area contributed by atoms with Crippen molar-refractivity contribution in [3.8, 4) is 0 Å². The van der Waals surface area contributed by atoms with Gasteiger partial charge in [0.05, 0.1) is 0 Å². The highest BCUT2D eigenvalue weighted by Crippen LogP contribution is 2.47. The standard InChI is InChI=1S/C9H12O/c1-6-7-2-3-8(4-7)9(6)5-10/h5,7-8H,2-4H2,1H3. The molecule has 0 aromatic heterocycles. The summed E-state index contributed by atoms with van der Waals surface area (Å²) in [6.07, 6.45) is 4.92. The minimum atomic E-state index is 0.641. The summed E-state index contributed by atoms with van der Waals surface area (Å²) in [6.45, 7) is 2.12. The Morgan fingerprint density at radius 2 is 2.10 bits per heavy atom. The first kappa shape index (κ1) is 6.14. The molecular weight excluding hydrogens is 124 g/mol. The highest BCUT2D eigenvalue weighted by Gasteiger charge is 2.36. The van der Waals surface area contributed by atoms with Crippen LogP contribution in [-0.4, -0.2) is 6.29 Å². The van der Waals surface area contributed by atoms with Crippen LogP contribution in [0, 0.1) is 11.8 Å². The number of allylic oxidation sites excluding steroid dienone is 2. The molecule has 0 aromatic carbocycles.